The fourth-order valence-electron chi connectivity index (χ4n) is 4.17. The van der Waals surface area contributed by atoms with E-state index in [1.54, 1.807) is 13.2 Å². The van der Waals surface area contributed by atoms with Gasteiger partial charge in [-0.15, -0.1) is 0 Å². The van der Waals surface area contributed by atoms with Gasteiger partial charge in [0.05, 0.1) is 0 Å². The van der Waals surface area contributed by atoms with E-state index in [1.165, 1.54) is 14.2 Å². The average molecular weight is 547 g/mol. The zero-order valence-electron chi connectivity index (χ0n) is 24.6. The van der Waals surface area contributed by atoms with Crippen molar-refractivity contribution in [1.82, 2.24) is 0 Å². The van der Waals surface area contributed by atoms with Crippen LogP contribution in [0.4, 0.5) is 0 Å². The number of hydrogen-bond donors (Lipinski definition) is 1. The van der Waals surface area contributed by atoms with Crippen LogP contribution in [0.15, 0.2) is 24.3 Å². The van der Waals surface area contributed by atoms with Crippen molar-refractivity contribution in [2.75, 3.05) is 41.7 Å². The normalized spacial score (nSPS) is 11.3. The smallest absolute Gasteiger partial charge is 0.188 e. The Balaban J connectivity index is 2.36. The van der Waals surface area contributed by atoms with Gasteiger partial charge in [0.25, 0.3) is 0 Å². The highest BCUT2D eigenvalue weighted by molar-refractivity contribution is 6.02. The van der Waals surface area contributed by atoms with Crippen molar-refractivity contribution < 1.29 is 38.3 Å². The molecule has 0 fully saturated rings. The maximum Gasteiger partial charge on any atom is 0.188 e. The number of aromatic hydroxyl groups is 1. The maximum absolute atomic E-state index is 13.6. The number of phenols is 1. The highest BCUT2D eigenvalue weighted by Crippen LogP contribution is 2.41. The van der Waals surface area contributed by atoms with Crippen molar-refractivity contribution in [3.8, 4) is 23.0 Å². The summed E-state index contributed by atoms with van der Waals surface area (Å²) in [5.74, 6) is 2.08. The lowest BCUT2D eigenvalue weighted by Gasteiger charge is -2.19. The van der Waals surface area contributed by atoms with E-state index in [2.05, 4.69) is 33.8 Å². The number of benzene rings is 2. The molecule has 0 amide bonds. The monoisotopic (exact) mass is 546 g/mol. The van der Waals surface area contributed by atoms with Gasteiger partial charge in [0.2, 0.25) is 0 Å². The SMILES string of the molecule is COCOc1ccc(CCC(=O)c2c(OCOC)cc(OCOC)c(CCC(C)C)c2O)cc1CCC(C)C. The number of aryl methyl sites for hydroxylation is 2. The molecule has 2 aromatic carbocycles. The molecule has 2 aromatic rings. The molecule has 2 rings (SSSR count). The van der Waals surface area contributed by atoms with Crippen LogP contribution < -0.4 is 14.2 Å². The zero-order chi connectivity index (χ0) is 28.8. The van der Waals surface area contributed by atoms with Gasteiger partial charge >= 0.3 is 0 Å². The Morgan fingerprint density at radius 2 is 1.31 bits per heavy atom. The molecule has 0 unspecified atom stereocenters. The first-order valence-electron chi connectivity index (χ1n) is 13.6. The Kier molecular flexibility index (Phi) is 14.1. The molecule has 39 heavy (non-hydrogen) atoms. The van der Waals surface area contributed by atoms with E-state index in [4.69, 9.17) is 28.4 Å². The third kappa shape index (κ3) is 10.4. The van der Waals surface area contributed by atoms with Crippen LogP contribution in [0.1, 0.15) is 74.0 Å². The van der Waals surface area contributed by atoms with Crippen LogP contribution in [0.5, 0.6) is 23.0 Å². The van der Waals surface area contributed by atoms with E-state index in [-0.39, 0.29) is 49.6 Å². The fourth-order valence-corrected chi connectivity index (χ4v) is 4.17. The van der Waals surface area contributed by atoms with Crippen LogP contribution in [-0.4, -0.2) is 52.6 Å². The van der Waals surface area contributed by atoms with Crippen molar-refractivity contribution in [2.45, 2.75) is 66.2 Å². The van der Waals surface area contributed by atoms with Gasteiger partial charge in [0.1, 0.15) is 28.6 Å². The molecule has 0 saturated carbocycles. The Labute approximate surface area is 233 Å². The van der Waals surface area contributed by atoms with Gasteiger partial charge in [0.15, 0.2) is 26.2 Å². The second kappa shape index (κ2) is 17.0. The summed E-state index contributed by atoms with van der Waals surface area (Å²) in [6.45, 7) is 8.71. The van der Waals surface area contributed by atoms with Crippen LogP contribution >= 0.6 is 0 Å². The van der Waals surface area contributed by atoms with Crippen molar-refractivity contribution in [3.63, 3.8) is 0 Å². The van der Waals surface area contributed by atoms with E-state index >= 15 is 0 Å². The molecule has 0 aliphatic heterocycles. The highest BCUT2D eigenvalue weighted by Gasteiger charge is 2.25. The van der Waals surface area contributed by atoms with Crippen molar-refractivity contribution >= 4 is 5.78 Å². The molecule has 0 bridgehead atoms. The van der Waals surface area contributed by atoms with Gasteiger partial charge in [-0.3, -0.25) is 4.79 Å². The summed E-state index contributed by atoms with van der Waals surface area (Å²) in [6, 6.07) is 7.64. The first-order valence-corrected chi connectivity index (χ1v) is 13.6. The second-order valence-corrected chi connectivity index (χ2v) is 10.5. The summed E-state index contributed by atoms with van der Waals surface area (Å²) in [4.78, 5) is 13.6. The summed E-state index contributed by atoms with van der Waals surface area (Å²) in [5, 5.41) is 11.3. The summed E-state index contributed by atoms with van der Waals surface area (Å²) in [5.41, 5.74) is 2.83. The average Bonchev–Trinajstić information content (AvgIpc) is 2.90. The van der Waals surface area contributed by atoms with Gasteiger partial charge in [-0.2, -0.15) is 0 Å². The number of methoxy groups -OCH3 is 3. The van der Waals surface area contributed by atoms with Gasteiger partial charge < -0.3 is 33.5 Å². The predicted octanol–water partition coefficient (Wildman–Crippen LogP) is 6.33. The molecule has 0 radical (unpaired) electrons. The Morgan fingerprint density at radius 1 is 0.744 bits per heavy atom. The van der Waals surface area contributed by atoms with E-state index in [1.807, 2.05) is 12.1 Å². The minimum absolute atomic E-state index is 0.00830. The first kappa shape index (κ1) is 32.4. The molecule has 0 atom stereocenters. The minimum atomic E-state index is -0.217. The quantitative estimate of drug-likeness (QED) is 0.161. The van der Waals surface area contributed by atoms with Gasteiger partial charge in [0, 0.05) is 39.4 Å². The minimum Gasteiger partial charge on any atom is -0.507 e. The second-order valence-electron chi connectivity index (χ2n) is 10.5. The summed E-state index contributed by atoms with van der Waals surface area (Å²) in [6.07, 6.45) is 3.97. The lowest BCUT2D eigenvalue weighted by Crippen LogP contribution is -2.11. The van der Waals surface area contributed by atoms with Gasteiger partial charge in [-0.25, -0.2) is 0 Å². The molecule has 8 nitrogen and oxygen atoms in total. The number of ether oxygens (including phenoxy) is 6. The fraction of sp³-hybridized carbons (Fsp3) is 0.581. The number of carbonyl (C=O) groups is 1. The summed E-state index contributed by atoms with van der Waals surface area (Å²) in [7, 11) is 4.62. The number of hydrogen-bond acceptors (Lipinski definition) is 8. The molecule has 0 saturated heterocycles. The van der Waals surface area contributed by atoms with Crippen molar-refractivity contribution in [3.05, 3.63) is 46.5 Å². The molecule has 1 N–H and O–H groups in total. The Hall–Kier alpha value is -2.81. The van der Waals surface area contributed by atoms with Crippen LogP contribution in [0, 0.1) is 11.8 Å². The standard InChI is InChI=1S/C31H46O8/c1-21(2)8-12-24-16-23(11-15-27(24)37-18-34-5)10-14-26(32)30-29(39-20-36-7)17-28(38-19-35-6)25(31(30)33)13-9-22(3)4/h11,15-17,21-22,33H,8-10,12-14,18-20H2,1-7H3. The van der Waals surface area contributed by atoms with E-state index in [0.29, 0.717) is 36.0 Å². The Bertz CT molecular complexity index is 1030. The molecule has 0 spiro atoms. The van der Waals surface area contributed by atoms with Gasteiger partial charge in [-0.1, -0.05) is 39.8 Å². The van der Waals surface area contributed by atoms with Crippen molar-refractivity contribution in [2.24, 2.45) is 11.8 Å². The first-order chi connectivity index (χ1) is 18.7. The summed E-state index contributed by atoms with van der Waals surface area (Å²) < 4.78 is 32.4. The molecular formula is C31H46O8. The summed E-state index contributed by atoms with van der Waals surface area (Å²) >= 11 is 0. The molecule has 0 heterocycles. The van der Waals surface area contributed by atoms with Crippen molar-refractivity contribution in [1.29, 1.82) is 0 Å². The van der Waals surface area contributed by atoms with Crippen LogP contribution in [0.25, 0.3) is 0 Å². The van der Waals surface area contributed by atoms with Gasteiger partial charge in [-0.05, 0) is 61.1 Å². The van der Waals surface area contributed by atoms with Crippen LogP contribution in [0.3, 0.4) is 0 Å². The van der Waals surface area contributed by atoms with Crippen LogP contribution in [0.2, 0.25) is 0 Å². The number of Topliss-reactive ketones (excluding diaryl/α,β-unsaturated/α-hetero) is 1. The number of ketones is 1. The van der Waals surface area contributed by atoms with E-state index < -0.39 is 0 Å². The maximum atomic E-state index is 13.6. The lowest BCUT2D eigenvalue weighted by atomic mass is 9.94. The Morgan fingerprint density at radius 3 is 1.90 bits per heavy atom. The largest absolute Gasteiger partial charge is 0.507 e. The topological polar surface area (TPSA) is 92.7 Å². The number of carbonyl (C=O) groups excluding carboxylic acids is 1. The molecule has 0 aliphatic carbocycles. The molecule has 218 valence electrons. The number of rotatable bonds is 19. The highest BCUT2D eigenvalue weighted by atomic mass is 16.7. The molecule has 8 heteroatoms. The molecule has 0 aromatic heterocycles. The zero-order valence-corrected chi connectivity index (χ0v) is 24.6. The van der Waals surface area contributed by atoms with Crippen LogP contribution in [-0.2, 0) is 33.5 Å². The molecule has 0 aliphatic rings. The molecular weight excluding hydrogens is 500 g/mol. The lowest BCUT2D eigenvalue weighted by molar-refractivity contribution is 0.0447. The van der Waals surface area contributed by atoms with E-state index in [0.717, 1.165) is 36.1 Å². The number of phenolic OH excluding ortho intramolecular Hbond substituents is 1. The third-order valence-corrected chi connectivity index (χ3v) is 6.33. The predicted molar refractivity (Wildman–Crippen MR) is 151 cm³/mol. The van der Waals surface area contributed by atoms with E-state index in [9.17, 15) is 9.90 Å². The third-order valence-electron chi connectivity index (χ3n) is 6.33.